The van der Waals surface area contributed by atoms with Crippen molar-refractivity contribution in [3.05, 3.63) is 47.5 Å². The monoisotopic (exact) mass is 380 g/mol. The summed E-state index contributed by atoms with van der Waals surface area (Å²) >= 11 is 0. The molecule has 1 saturated heterocycles. The van der Waals surface area contributed by atoms with Crippen molar-refractivity contribution in [1.82, 2.24) is 40.1 Å². The molecule has 28 heavy (non-hydrogen) atoms. The number of nitrogens with zero attached hydrogens (tertiary/aromatic N) is 8. The first kappa shape index (κ1) is 17.0. The highest BCUT2D eigenvalue weighted by molar-refractivity contribution is 5.79. The van der Waals surface area contributed by atoms with E-state index in [1.807, 2.05) is 40.8 Å². The molecule has 10 nitrogen and oxygen atoms in total. The summed E-state index contributed by atoms with van der Waals surface area (Å²) in [6.45, 7) is 3.63. The summed E-state index contributed by atoms with van der Waals surface area (Å²) in [4.78, 5) is 14.7. The molecule has 1 fully saturated rings. The first-order valence-corrected chi connectivity index (χ1v) is 9.32. The number of hydrogen-bond acceptors (Lipinski definition) is 7. The number of amides is 1. The van der Waals surface area contributed by atoms with Crippen molar-refractivity contribution in [3.8, 4) is 5.69 Å². The molecular formula is C18H20N8O2. The summed E-state index contributed by atoms with van der Waals surface area (Å²) in [7, 11) is 0. The van der Waals surface area contributed by atoms with Crippen molar-refractivity contribution in [1.29, 1.82) is 0 Å². The molecule has 2 atom stereocenters. The van der Waals surface area contributed by atoms with Gasteiger partial charge in [0.25, 0.3) is 0 Å². The van der Waals surface area contributed by atoms with E-state index < -0.39 is 0 Å². The number of likely N-dealkylation sites (tertiary alicyclic amines) is 1. The molecule has 5 rings (SSSR count). The van der Waals surface area contributed by atoms with Gasteiger partial charge >= 0.3 is 0 Å². The van der Waals surface area contributed by atoms with Gasteiger partial charge in [0, 0.05) is 13.1 Å². The molecule has 1 amide bonds. The number of benzene rings is 1. The van der Waals surface area contributed by atoms with Gasteiger partial charge in [0.2, 0.25) is 5.91 Å². The molecule has 1 aromatic carbocycles. The van der Waals surface area contributed by atoms with E-state index in [0.29, 0.717) is 26.1 Å². The van der Waals surface area contributed by atoms with Gasteiger partial charge in [0.15, 0.2) is 5.82 Å². The highest BCUT2D eigenvalue weighted by Gasteiger charge is 2.37. The number of aromatic nitrogens is 7. The third-order valence-electron chi connectivity index (χ3n) is 5.45. The van der Waals surface area contributed by atoms with Crippen LogP contribution in [0.4, 0.5) is 0 Å². The van der Waals surface area contributed by atoms with Crippen molar-refractivity contribution < 1.29 is 9.53 Å². The molecule has 0 bridgehead atoms. The third kappa shape index (κ3) is 2.95. The van der Waals surface area contributed by atoms with Crippen LogP contribution in [-0.4, -0.2) is 65.2 Å². The van der Waals surface area contributed by atoms with E-state index in [4.69, 9.17) is 4.74 Å². The highest BCUT2D eigenvalue weighted by Crippen LogP contribution is 2.30. The SMILES string of the molecule is Cc1nnnn1-c1ccc(CC(=O)N2CC[C@H]3[C@H](C2)OCc2cnnn23)cc1. The van der Waals surface area contributed by atoms with Gasteiger partial charge in [-0.15, -0.1) is 10.2 Å². The second kappa shape index (κ2) is 6.79. The molecule has 10 heteroatoms. The average Bonchev–Trinajstić information content (AvgIpc) is 3.37. The quantitative estimate of drug-likeness (QED) is 0.651. The Kier molecular flexibility index (Phi) is 4.12. The minimum Gasteiger partial charge on any atom is -0.368 e. The van der Waals surface area contributed by atoms with Crippen LogP contribution in [0.15, 0.2) is 30.5 Å². The van der Waals surface area contributed by atoms with Crippen LogP contribution < -0.4 is 0 Å². The van der Waals surface area contributed by atoms with E-state index in [1.165, 1.54) is 0 Å². The maximum atomic E-state index is 12.8. The van der Waals surface area contributed by atoms with Crippen molar-refractivity contribution in [2.45, 2.75) is 38.5 Å². The van der Waals surface area contributed by atoms with Crippen LogP contribution in [0.2, 0.25) is 0 Å². The Morgan fingerprint density at radius 1 is 1.25 bits per heavy atom. The number of ether oxygens (including phenoxy) is 1. The fraction of sp³-hybridized carbons (Fsp3) is 0.444. The molecule has 0 aliphatic carbocycles. The Balaban J connectivity index is 1.24. The van der Waals surface area contributed by atoms with Gasteiger partial charge in [-0.05, 0) is 41.5 Å². The predicted octanol–water partition coefficient (Wildman–Crippen LogP) is 0.477. The van der Waals surface area contributed by atoms with Crippen LogP contribution >= 0.6 is 0 Å². The van der Waals surface area contributed by atoms with E-state index in [0.717, 1.165) is 29.2 Å². The maximum absolute atomic E-state index is 12.8. The molecule has 0 N–H and O–H groups in total. The van der Waals surface area contributed by atoms with Gasteiger partial charge in [0.1, 0.15) is 0 Å². The highest BCUT2D eigenvalue weighted by atomic mass is 16.5. The van der Waals surface area contributed by atoms with Crippen molar-refractivity contribution in [3.63, 3.8) is 0 Å². The van der Waals surface area contributed by atoms with Crippen molar-refractivity contribution in [2.24, 2.45) is 0 Å². The molecule has 144 valence electrons. The van der Waals surface area contributed by atoms with Gasteiger partial charge in [-0.1, -0.05) is 17.3 Å². The van der Waals surface area contributed by atoms with Crippen LogP contribution in [0.5, 0.6) is 0 Å². The summed E-state index contributed by atoms with van der Waals surface area (Å²) in [5.74, 6) is 0.826. The molecule has 2 aliphatic rings. The van der Waals surface area contributed by atoms with Crippen LogP contribution in [0, 0.1) is 6.92 Å². The Hall–Kier alpha value is -3.14. The Morgan fingerprint density at radius 2 is 2.11 bits per heavy atom. The van der Waals surface area contributed by atoms with E-state index in [9.17, 15) is 4.79 Å². The van der Waals surface area contributed by atoms with Crippen LogP contribution in [-0.2, 0) is 22.6 Å². The van der Waals surface area contributed by atoms with Crippen LogP contribution in [0.25, 0.3) is 5.69 Å². The smallest absolute Gasteiger partial charge is 0.227 e. The standard InChI is InChI=1S/C18H20N8O2/c1-12-20-21-23-25(12)14-4-2-13(3-5-14)8-18(27)24-7-6-16-17(10-24)28-11-15-9-19-22-26(15)16/h2-5,9,16-17H,6-8,10-11H2,1H3/t16-,17-/m0/s1. The van der Waals surface area contributed by atoms with Crippen molar-refractivity contribution in [2.75, 3.05) is 13.1 Å². The molecule has 3 aromatic rings. The molecule has 0 unspecified atom stereocenters. The summed E-state index contributed by atoms with van der Waals surface area (Å²) in [5.41, 5.74) is 2.84. The number of carbonyl (C=O) groups is 1. The fourth-order valence-corrected chi connectivity index (χ4v) is 3.93. The lowest BCUT2D eigenvalue weighted by atomic mass is 9.99. The van der Waals surface area contributed by atoms with E-state index in [2.05, 4.69) is 25.8 Å². The summed E-state index contributed by atoms with van der Waals surface area (Å²) in [6, 6.07) is 7.90. The summed E-state index contributed by atoms with van der Waals surface area (Å²) < 4.78 is 9.57. The van der Waals surface area contributed by atoms with Gasteiger partial charge in [-0.3, -0.25) is 4.79 Å². The first-order valence-electron chi connectivity index (χ1n) is 9.32. The zero-order valence-corrected chi connectivity index (χ0v) is 15.5. The van der Waals surface area contributed by atoms with E-state index in [-0.39, 0.29) is 18.1 Å². The van der Waals surface area contributed by atoms with Crippen molar-refractivity contribution >= 4 is 5.91 Å². The average molecular weight is 380 g/mol. The summed E-state index contributed by atoms with van der Waals surface area (Å²) in [6.07, 6.45) is 2.90. The Morgan fingerprint density at radius 3 is 2.89 bits per heavy atom. The van der Waals surface area contributed by atoms with Gasteiger partial charge < -0.3 is 9.64 Å². The Labute approximate surface area is 161 Å². The number of piperidine rings is 1. The van der Waals surface area contributed by atoms with Gasteiger partial charge in [0.05, 0.1) is 42.8 Å². The molecular weight excluding hydrogens is 360 g/mol. The minimum absolute atomic E-state index is 0.0305. The second-order valence-corrected chi connectivity index (χ2v) is 7.20. The van der Waals surface area contributed by atoms with Gasteiger partial charge in [-0.2, -0.15) is 4.68 Å². The second-order valence-electron chi connectivity index (χ2n) is 7.20. The molecule has 4 heterocycles. The molecule has 0 saturated carbocycles. The topological polar surface area (TPSA) is 104 Å². The molecule has 2 aliphatic heterocycles. The maximum Gasteiger partial charge on any atom is 0.227 e. The first-order chi connectivity index (χ1) is 13.7. The minimum atomic E-state index is -0.0305. The van der Waals surface area contributed by atoms with E-state index >= 15 is 0 Å². The lowest BCUT2D eigenvalue weighted by Crippen LogP contribution is -2.50. The largest absolute Gasteiger partial charge is 0.368 e. The molecule has 0 radical (unpaired) electrons. The number of carbonyl (C=O) groups excluding carboxylic acids is 1. The van der Waals surface area contributed by atoms with Gasteiger partial charge in [-0.25, -0.2) is 4.68 Å². The number of rotatable bonds is 3. The predicted molar refractivity (Wildman–Crippen MR) is 96.4 cm³/mol. The van der Waals surface area contributed by atoms with E-state index in [1.54, 1.807) is 10.9 Å². The lowest BCUT2D eigenvalue weighted by Gasteiger charge is -2.41. The van der Waals surface area contributed by atoms with Crippen LogP contribution in [0.3, 0.4) is 0 Å². The number of fused-ring (bicyclic) bond motifs is 3. The Bertz CT molecular complexity index is 995. The third-order valence-corrected chi connectivity index (χ3v) is 5.45. The normalized spacial score (nSPS) is 21.2. The zero-order chi connectivity index (χ0) is 19.1. The number of tetrazole rings is 1. The zero-order valence-electron chi connectivity index (χ0n) is 15.5. The fourth-order valence-electron chi connectivity index (χ4n) is 3.93. The molecule has 2 aromatic heterocycles. The summed E-state index contributed by atoms with van der Waals surface area (Å²) in [5, 5.41) is 19.7. The van der Waals surface area contributed by atoms with Crippen LogP contribution in [0.1, 0.15) is 29.5 Å². The lowest BCUT2D eigenvalue weighted by molar-refractivity contribution is -0.138. The number of aryl methyl sites for hydroxylation is 1. The molecule has 0 spiro atoms. The number of hydrogen-bond donors (Lipinski definition) is 0.